The number of para-hydroxylation sites is 2. The monoisotopic (exact) mass is 665 g/mol. The van der Waals surface area contributed by atoms with Gasteiger partial charge in [0.1, 0.15) is 22.3 Å². The van der Waals surface area contributed by atoms with E-state index in [1.165, 1.54) is 33.4 Å². The first kappa shape index (κ1) is 28.9. The molecule has 0 atom stereocenters. The van der Waals surface area contributed by atoms with Crippen molar-refractivity contribution in [1.29, 1.82) is 0 Å². The number of anilines is 3. The summed E-state index contributed by atoms with van der Waals surface area (Å²) in [6, 6.07) is 67.2. The summed E-state index contributed by atoms with van der Waals surface area (Å²) in [7, 11) is 0. The molecule has 10 aromatic rings. The molecule has 0 unspecified atom stereocenters. The third kappa shape index (κ3) is 4.08. The summed E-state index contributed by atoms with van der Waals surface area (Å²) < 4.78 is 12.9. The van der Waals surface area contributed by atoms with Gasteiger partial charge in [-0.3, -0.25) is 0 Å². The van der Waals surface area contributed by atoms with E-state index >= 15 is 0 Å². The van der Waals surface area contributed by atoms with Crippen molar-refractivity contribution >= 4 is 60.9 Å². The van der Waals surface area contributed by atoms with Crippen molar-refractivity contribution in [2.24, 2.45) is 0 Å². The summed E-state index contributed by atoms with van der Waals surface area (Å²) in [4.78, 5) is 2.32. The van der Waals surface area contributed by atoms with E-state index in [2.05, 4.69) is 181 Å². The van der Waals surface area contributed by atoms with Gasteiger partial charge in [-0.25, -0.2) is 0 Å². The largest absolute Gasteiger partial charge is 0.456 e. The highest BCUT2D eigenvalue weighted by Gasteiger charge is 2.46. The highest BCUT2D eigenvalue weighted by atomic mass is 16.3. The Morgan fingerprint density at radius 2 is 0.846 bits per heavy atom. The molecular weight excluding hydrogens is 635 g/mol. The second-order valence-corrected chi connectivity index (χ2v) is 13.7. The predicted octanol–water partition coefficient (Wildman–Crippen LogP) is 13.3. The minimum Gasteiger partial charge on any atom is -0.456 e. The normalized spacial score (nSPS) is 13.2. The molecule has 244 valence electrons. The molecule has 2 heterocycles. The van der Waals surface area contributed by atoms with Gasteiger partial charge in [-0.05, 0) is 100 Å². The van der Waals surface area contributed by atoms with Crippen LogP contribution in [0.2, 0.25) is 0 Å². The van der Waals surface area contributed by atoms with Gasteiger partial charge in [0, 0.05) is 38.6 Å². The van der Waals surface area contributed by atoms with Gasteiger partial charge in [0.2, 0.25) is 0 Å². The summed E-state index contributed by atoms with van der Waals surface area (Å²) >= 11 is 0. The SMILES string of the molecule is c1ccc(N(c2ccc3oc4ccccc4c3c2)c2ccc3oc4cc5c(cc4c3c2)-c2ccccc2C5(c2ccccc2)c2ccccc2)cc1. The van der Waals surface area contributed by atoms with Gasteiger partial charge in [-0.1, -0.05) is 121 Å². The van der Waals surface area contributed by atoms with Gasteiger partial charge in [0.15, 0.2) is 0 Å². The summed E-state index contributed by atoms with van der Waals surface area (Å²) in [5.41, 5.74) is 13.7. The van der Waals surface area contributed by atoms with E-state index in [-0.39, 0.29) is 0 Å². The lowest BCUT2D eigenvalue weighted by Gasteiger charge is -2.33. The Labute approximate surface area is 300 Å². The topological polar surface area (TPSA) is 29.5 Å². The Kier molecular flexibility index (Phi) is 6.17. The quantitative estimate of drug-likeness (QED) is 0.183. The Morgan fingerprint density at radius 1 is 0.327 bits per heavy atom. The summed E-state index contributed by atoms with van der Waals surface area (Å²) in [6.45, 7) is 0. The van der Waals surface area contributed by atoms with Crippen molar-refractivity contribution in [3.05, 3.63) is 210 Å². The lowest BCUT2D eigenvalue weighted by Crippen LogP contribution is -2.28. The van der Waals surface area contributed by atoms with Crippen LogP contribution in [0.15, 0.2) is 197 Å². The van der Waals surface area contributed by atoms with Crippen LogP contribution in [0.4, 0.5) is 17.1 Å². The van der Waals surface area contributed by atoms with Crippen LogP contribution in [0.25, 0.3) is 55.0 Å². The number of hydrogen-bond donors (Lipinski definition) is 0. The molecule has 0 spiro atoms. The minimum absolute atomic E-state index is 0.479. The maximum Gasteiger partial charge on any atom is 0.135 e. The number of benzene rings is 8. The van der Waals surface area contributed by atoms with E-state index in [0.29, 0.717) is 0 Å². The third-order valence-corrected chi connectivity index (χ3v) is 10.9. The van der Waals surface area contributed by atoms with Crippen LogP contribution in [0, 0.1) is 0 Å². The van der Waals surface area contributed by atoms with E-state index in [4.69, 9.17) is 8.83 Å². The maximum atomic E-state index is 6.75. The standard InChI is InChI=1S/C49H31NO2/c1-4-14-32(15-5-1)49(33-16-6-2-7-17-33)43-22-12-10-20-37(43)39-30-42-41-29-36(25-27-47(41)52-48(42)31-44(39)49)50(34-18-8-3-9-19-34)35-24-26-46-40(28-35)38-21-11-13-23-45(38)51-46/h1-31H. The number of hydrogen-bond acceptors (Lipinski definition) is 3. The van der Waals surface area contributed by atoms with Gasteiger partial charge in [-0.2, -0.15) is 0 Å². The molecule has 3 nitrogen and oxygen atoms in total. The zero-order valence-electron chi connectivity index (χ0n) is 28.2. The fourth-order valence-electron chi connectivity index (χ4n) is 8.72. The van der Waals surface area contributed by atoms with Gasteiger partial charge >= 0.3 is 0 Å². The van der Waals surface area contributed by atoms with E-state index in [1.807, 2.05) is 12.1 Å². The van der Waals surface area contributed by atoms with Crippen molar-refractivity contribution in [2.75, 3.05) is 4.90 Å². The van der Waals surface area contributed by atoms with Crippen LogP contribution in [0.3, 0.4) is 0 Å². The highest BCUT2D eigenvalue weighted by molar-refractivity contribution is 6.10. The molecule has 0 bridgehead atoms. The second-order valence-electron chi connectivity index (χ2n) is 13.7. The molecule has 0 fully saturated rings. The molecule has 3 heteroatoms. The van der Waals surface area contributed by atoms with E-state index in [0.717, 1.165) is 60.9 Å². The average molecular weight is 666 g/mol. The number of rotatable bonds is 5. The van der Waals surface area contributed by atoms with Crippen LogP contribution in [0.5, 0.6) is 0 Å². The van der Waals surface area contributed by atoms with Gasteiger partial charge in [-0.15, -0.1) is 0 Å². The minimum atomic E-state index is -0.479. The van der Waals surface area contributed by atoms with Crippen LogP contribution in [-0.2, 0) is 5.41 Å². The fourth-order valence-corrected chi connectivity index (χ4v) is 8.72. The molecule has 52 heavy (non-hydrogen) atoms. The van der Waals surface area contributed by atoms with Crippen LogP contribution in [0.1, 0.15) is 22.3 Å². The highest BCUT2D eigenvalue weighted by Crippen LogP contribution is 2.57. The fraction of sp³-hybridized carbons (Fsp3) is 0.0204. The maximum absolute atomic E-state index is 6.75. The van der Waals surface area contributed by atoms with Crippen molar-refractivity contribution in [2.45, 2.75) is 5.41 Å². The Morgan fingerprint density at radius 3 is 1.54 bits per heavy atom. The molecule has 0 amide bonds. The Balaban J connectivity index is 1.15. The molecule has 2 aromatic heterocycles. The number of fused-ring (bicyclic) bond motifs is 9. The van der Waals surface area contributed by atoms with Crippen molar-refractivity contribution in [3.8, 4) is 11.1 Å². The summed E-state index contributed by atoms with van der Waals surface area (Å²) in [5, 5.41) is 4.39. The Hall–Kier alpha value is -6.84. The lowest BCUT2D eigenvalue weighted by molar-refractivity contribution is 0.666. The van der Waals surface area contributed by atoms with E-state index in [1.54, 1.807) is 0 Å². The van der Waals surface area contributed by atoms with Crippen LogP contribution >= 0.6 is 0 Å². The lowest BCUT2D eigenvalue weighted by atomic mass is 9.67. The second kappa shape index (κ2) is 11.1. The predicted molar refractivity (Wildman–Crippen MR) is 213 cm³/mol. The summed E-state index contributed by atoms with van der Waals surface area (Å²) in [5.74, 6) is 0. The van der Waals surface area contributed by atoms with Gasteiger partial charge in [0.25, 0.3) is 0 Å². The molecule has 0 saturated carbocycles. The third-order valence-electron chi connectivity index (χ3n) is 10.9. The van der Waals surface area contributed by atoms with Crippen LogP contribution in [-0.4, -0.2) is 0 Å². The zero-order valence-corrected chi connectivity index (χ0v) is 28.2. The summed E-state index contributed by atoms with van der Waals surface area (Å²) in [6.07, 6.45) is 0. The molecule has 0 saturated heterocycles. The Bertz CT molecular complexity index is 2920. The molecular formula is C49H31NO2. The van der Waals surface area contributed by atoms with E-state index in [9.17, 15) is 0 Å². The first-order chi connectivity index (χ1) is 25.8. The molecule has 1 aliphatic carbocycles. The van der Waals surface area contributed by atoms with Crippen molar-refractivity contribution in [1.82, 2.24) is 0 Å². The smallest absolute Gasteiger partial charge is 0.135 e. The molecule has 0 aliphatic heterocycles. The molecule has 11 rings (SSSR count). The van der Waals surface area contributed by atoms with Crippen molar-refractivity contribution < 1.29 is 8.83 Å². The molecule has 0 N–H and O–H groups in total. The zero-order chi connectivity index (χ0) is 34.2. The average Bonchev–Trinajstić information content (AvgIpc) is 3.86. The molecule has 8 aromatic carbocycles. The van der Waals surface area contributed by atoms with Gasteiger partial charge in [0.05, 0.1) is 5.41 Å². The first-order valence-electron chi connectivity index (χ1n) is 17.8. The van der Waals surface area contributed by atoms with Gasteiger partial charge < -0.3 is 13.7 Å². The van der Waals surface area contributed by atoms with E-state index < -0.39 is 5.41 Å². The number of furan rings is 2. The molecule has 1 aliphatic rings. The van der Waals surface area contributed by atoms with Crippen molar-refractivity contribution in [3.63, 3.8) is 0 Å². The number of nitrogens with zero attached hydrogens (tertiary/aromatic N) is 1. The molecule has 0 radical (unpaired) electrons. The first-order valence-corrected chi connectivity index (χ1v) is 17.8. The van der Waals surface area contributed by atoms with Crippen LogP contribution < -0.4 is 4.90 Å².